The molecule has 3 aromatic heterocycles. The van der Waals surface area contributed by atoms with Crippen molar-refractivity contribution >= 4 is 22.8 Å². The number of anilines is 1. The van der Waals surface area contributed by atoms with E-state index < -0.39 is 0 Å². The van der Waals surface area contributed by atoms with Gasteiger partial charge in [0.05, 0.1) is 11.9 Å². The molecule has 1 N–H and O–H groups in total. The number of aryl methyl sites for hydroxylation is 1. The van der Waals surface area contributed by atoms with Crippen LogP contribution in [0.4, 0.5) is 5.69 Å². The van der Waals surface area contributed by atoms with Gasteiger partial charge in [-0.1, -0.05) is 12.1 Å². The predicted molar refractivity (Wildman–Crippen MR) is 142 cm³/mol. The van der Waals surface area contributed by atoms with E-state index in [2.05, 4.69) is 51.1 Å². The standard InChI is InChI=1S/C27H31N7O2/c1-31(2)24(35)10-11-34-18-20(6-9-25(34)36)22-16-28-27-26(22)30-23(17-29-27)19-4-7-21(8-5-19)33-14-12-32(3)13-15-33/h4-9,16-18H,10-15H2,1-3H3,(H,28,29). The fourth-order valence-electron chi connectivity index (χ4n) is 4.46. The van der Waals surface area contributed by atoms with Gasteiger partial charge in [0.1, 0.15) is 5.52 Å². The summed E-state index contributed by atoms with van der Waals surface area (Å²) in [6, 6.07) is 11.8. The minimum atomic E-state index is -0.141. The Balaban J connectivity index is 1.41. The number of nitrogens with one attached hydrogen (secondary N) is 1. The highest BCUT2D eigenvalue weighted by molar-refractivity contribution is 5.91. The normalized spacial score (nSPS) is 14.4. The number of amides is 1. The van der Waals surface area contributed by atoms with Gasteiger partial charge in [0.25, 0.3) is 5.56 Å². The summed E-state index contributed by atoms with van der Waals surface area (Å²) in [4.78, 5) is 43.4. The van der Waals surface area contributed by atoms with Crippen molar-refractivity contribution in [1.29, 1.82) is 0 Å². The zero-order chi connectivity index (χ0) is 25.2. The molecule has 0 saturated carbocycles. The lowest BCUT2D eigenvalue weighted by Gasteiger charge is -2.34. The van der Waals surface area contributed by atoms with Gasteiger partial charge >= 0.3 is 0 Å². The summed E-state index contributed by atoms with van der Waals surface area (Å²) in [7, 11) is 5.58. The highest BCUT2D eigenvalue weighted by atomic mass is 16.2. The van der Waals surface area contributed by atoms with Crippen LogP contribution in [0.15, 0.2) is 59.8 Å². The van der Waals surface area contributed by atoms with Gasteiger partial charge in [0.15, 0.2) is 5.65 Å². The van der Waals surface area contributed by atoms with Gasteiger partial charge in [-0.05, 0) is 25.2 Å². The number of nitrogens with zero attached hydrogens (tertiary/aromatic N) is 6. The molecule has 1 fully saturated rings. The number of rotatable bonds is 6. The Hall–Kier alpha value is -3.98. The molecule has 1 aromatic carbocycles. The second-order valence-electron chi connectivity index (χ2n) is 9.48. The van der Waals surface area contributed by atoms with E-state index in [9.17, 15) is 9.59 Å². The number of hydrogen-bond acceptors (Lipinski definition) is 6. The lowest BCUT2D eigenvalue weighted by Crippen LogP contribution is -2.44. The third kappa shape index (κ3) is 4.87. The van der Waals surface area contributed by atoms with Crippen LogP contribution < -0.4 is 10.5 Å². The fraction of sp³-hybridized carbons (Fsp3) is 0.333. The zero-order valence-corrected chi connectivity index (χ0v) is 20.9. The number of benzene rings is 1. The lowest BCUT2D eigenvalue weighted by molar-refractivity contribution is -0.128. The second kappa shape index (κ2) is 9.94. The van der Waals surface area contributed by atoms with Gasteiger partial charge in [-0.15, -0.1) is 0 Å². The number of pyridine rings is 1. The summed E-state index contributed by atoms with van der Waals surface area (Å²) in [6.45, 7) is 4.51. The quantitative estimate of drug-likeness (QED) is 0.452. The minimum Gasteiger partial charge on any atom is -0.369 e. The van der Waals surface area contributed by atoms with Crippen LogP contribution in [0.3, 0.4) is 0 Å². The molecule has 0 bridgehead atoms. The molecular formula is C27H31N7O2. The predicted octanol–water partition coefficient (Wildman–Crippen LogP) is 2.68. The highest BCUT2D eigenvalue weighted by Gasteiger charge is 2.16. The van der Waals surface area contributed by atoms with Crippen molar-refractivity contribution in [2.45, 2.75) is 13.0 Å². The van der Waals surface area contributed by atoms with Crippen molar-refractivity contribution in [3.05, 3.63) is 65.3 Å². The Bertz CT molecular complexity index is 1430. The molecule has 1 saturated heterocycles. The van der Waals surface area contributed by atoms with E-state index in [1.165, 1.54) is 16.7 Å². The monoisotopic (exact) mass is 485 g/mol. The van der Waals surface area contributed by atoms with Crippen LogP contribution in [0.1, 0.15) is 6.42 Å². The molecule has 9 nitrogen and oxygen atoms in total. The van der Waals surface area contributed by atoms with Gasteiger partial charge in [-0.3, -0.25) is 9.59 Å². The van der Waals surface area contributed by atoms with Gasteiger partial charge in [0.2, 0.25) is 5.91 Å². The first kappa shape index (κ1) is 23.7. The Morgan fingerprint density at radius 2 is 1.75 bits per heavy atom. The van der Waals surface area contributed by atoms with Crippen LogP contribution in [-0.4, -0.2) is 82.5 Å². The molecule has 4 heterocycles. The highest BCUT2D eigenvalue weighted by Crippen LogP contribution is 2.29. The summed E-state index contributed by atoms with van der Waals surface area (Å²) in [5, 5.41) is 0. The third-order valence-electron chi connectivity index (χ3n) is 6.77. The van der Waals surface area contributed by atoms with Crippen molar-refractivity contribution in [2.24, 2.45) is 0 Å². The summed E-state index contributed by atoms with van der Waals surface area (Å²) < 4.78 is 1.57. The zero-order valence-electron chi connectivity index (χ0n) is 20.9. The Kier molecular flexibility index (Phi) is 6.56. The molecule has 0 unspecified atom stereocenters. The lowest BCUT2D eigenvalue weighted by atomic mass is 10.1. The van der Waals surface area contributed by atoms with Crippen LogP contribution in [-0.2, 0) is 11.3 Å². The van der Waals surface area contributed by atoms with Crippen molar-refractivity contribution < 1.29 is 4.79 Å². The molecule has 36 heavy (non-hydrogen) atoms. The summed E-state index contributed by atoms with van der Waals surface area (Å²) in [5.41, 5.74) is 6.00. The van der Waals surface area contributed by atoms with Gasteiger partial charge in [0, 0.05) is 94.1 Å². The van der Waals surface area contributed by atoms with Crippen molar-refractivity contribution in [2.75, 3.05) is 52.2 Å². The van der Waals surface area contributed by atoms with E-state index in [1.54, 1.807) is 37.1 Å². The van der Waals surface area contributed by atoms with E-state index in [1.807, 2.05) is 6.20 Å². The van der Waals surface area contributed by atoms with Crippen molar-refractivity contribution in [1.82, 2.24) is 29.3 Å². The molecule has 186 valence electrons. The summed E-state index contributed by atoms with van der Waals surface area (Å²) >= 11 is 0. The van der Waals surface area contributed by atoms with Crippen molar-refractivity contribution in [3.8, 4) is 22.4 Å². The molecule has 1 aliphatic heterocycles. The molecular weight excluding hydrogens is 454 g/mol. The molecule has 0 aliphatic carbocycles. The molecule has 0 spiro atoms. The van der Waals surface area contributed by atoms with Crippen molar-refractivity contribution in [3.63, 3.8) is 0 Å². The minimum absolute atomic E-state index is 0.0199. The van der Waals surface area contributed by atoms with E-state index in [0.717, 1.165) is 54.1 Å². The number of hydrogen-bond donors (Lipinski definition) is 1. The largest absolute Gasteiger partial charge is 0.369 e. The number of piperazine rings is 1. The van der Waals surface area contributed by atoms with E-state index in [4.69, 9.17) is 4.98 Å². The van der Waals surface area contributed by atoms with Crippen LogP contribution in [0.5, 0.6) is 0 Å². The number of carbonyl (C=O) groups excluding carboxylic acids is 1. The number of aromatic amines is 1. The van der Waals surface area contributed by atoms with Crippen LogP contribution >= 0.6 is 0 Å². The first-order valence-electron chi connectivity index (χ1n) is 12.2. The summed E-state index contributed by atoms with van der Waals surface area (Å²) in [6.07, 6.45) is 5.69. The number of H-pyrrole nitrogens is 1. The first-order valence-corrected chi connectivity index (χ1v) is 12.2. The first-order chi connectivity index (χ1) is 17.4. The molecule has 9 heteroatoms. The maximum absolute atomic E-state index is 12.4. The summed E-state index contributed by atoms with van der Waals surface area (Å²) in [5.74, 6) is -0.0199. The Labute approximate surface area is 210 Å². The molecule has 4 aromatic rings. The van der Waals surface area contributed by atoms with Gasteiger partial charge < -0.3 is 24.3 Å². The van der Waals surface area contributed by atoms with Gasteiger partial charge in [-0.2, -0.15) is 0 Å². The smallest absolute Gasteiger partial charge is 0.250 e. The number of carbonyl (C=O) groups is 1. The van der Waals surface area contributed by atoms with Gasteiger partial charge in [-0.25, -0.2) is 9.97 Å². The molecule has 0 atom stereocenters. The second-order valence-corrected chi connectivity index (χ2v) is 9.48. The maximum atomic E-state index is 12.4. The van der Waals surface area contributed by atoms with E-state index >= 15 is 0 Å². The molecule has 1 amide bonds. The molecule has 0 radical (unpaired) electrons. The van der Waals surface area contributed by atoms with Crippen LogP contribution in [0, 0.1) is 0 Å². The number of fused-ring (bicyclic) bond motifs is 1. The molecule has 1 aliphatic rings. The Morgan fingerprint density at radius 3 is 2.47 bits per heavy atom. The average Bonchev–Trinajstić information content (AvgIpc) is 3.32. The average molecular weight is 486 g/mol. The fourth-order valence-corrected chi connectivity index (χ4v) is 4.46. The van der Waals surface area contributed by atoms with Crippen LogP contribution in [0.25, 0.3) is 33.5 Å². The van der Waals surface area contributed by atoms with Crippen LogP contribution in [0.2, 0.25) is 0 Å². The maximum Gasteiger partial charge on any atom is 0.250 e. The number of likely N-dealkylation sites (N-methyl/N-ethyl adjacent to an activating group) is 1. The van der Waals surface area contributed by atoms with E-state index in [-0.39, 0.29) is 17.9 Å². The number of aromatic nitrogens is 4. The molecule has 5 rings (SSSR count). The Morgan fingerprint density at radius 1 is 1.03 bits per heavy atom. The SMILES string of the molecule is CN1CCN(c2ccc(-c3cnc4[nH]cc(-c5ccc(=O)n(CCC(=O)N(C)C)c5)c4n3)cc2)CC1. The topological polar surface area (TPSA) is 90.4 Å². The van der Waals surface area contributed by atoms with E-state index in [0.29, 0.717) is 12.2 Å². The third-order valence-corrected chi connectivity index (χ3v) is 6.77.